The van der Waals surface area contributed by atoms with Gasteiger partial charge in [0.1, 0.15) is 11.4 Å². The maximum Gasteiger partial charge on any atom is 0.328 e. The van der Waals surface area contributed by atoms with Crippen LogP contribution in [0, 0.1) is 12.8 Å². The fourth-order valence-corrected chi connectivity index (χ4v) is 4.05. The van der Waals surface area contributed by atoms with Crippen molar-refractivity contribution >= 4 is 23.8 Å². The van der Waals surface area contributed by atoms with Crippen molar-refractivity contribution in [3.05, 3.63) is 59.4 Å². The first-order valence-electron chi connectivity index (χ1n) is 13.0. The van der Waals surface area contributed by atoms with E-state index in [4.69, 9.17) is 20.7 Å². The van der Waals surface area contributed by atoms with Crippen LogP contribution in [0.5, 0.6) is 5.75 Å². The van der Waals surface area contributed by atoms with E-state index in [1.165, 1.54) is 30.0 Å². The molecule has 1 aromatic carbocycles. The summed E-state index contributed by atoms with van der Waals surface area (Å²) in [6.45, 7) is 11.3. The standard InChI is InChI=1S/C24H35N5O2.C4H4O4/c1-17(2)20-6-5-18(3)15-22(20)31-16-19-8-13-29(14-9-19)12-4-10-26-24-27-11-7-21(28-24)23(25)30;5-3(6)1-2-4(7)8/h5-7,11,15,17,19H,4,8-10,12-14,16H2,1-3H3,(H2,25,30)(H,26,27,28);1-2H,(H,5,6)(H,7,8). The quantitative estimate of drug-likeness (QED) is 0.231. The highest BCUT2D eigenvalue weighted by atomic mass is 16.5. The first kappa shape index (κ1) is 31.2. The third kappa shape index (κ3) is 11.9. The van der Waals surface area contributed by atoms with Gasteiger partial charge in [-0.1, -0.05) is 26.0 Å². The van der Waals surface area contributed by atoms with Crippen molar-refractivity contribution in [1.29, 1.82) is 0 Å². The summed E-state index contributed by atoms with van der Waals surface area (Å²) in [6.07, 6.45) is 5.99. The van der Waals surface area contributed by atoms with E-state index in [2.05, 4.69) is 59.2 Å². The highest BCUT2D eigenvalue weighted by Gasteiger charge is 2.20. The first-order valence-corrected chi connectivity index (χ1v) is 13.0. The SMILES string of the molecule is Cc1ccc(C(C)C)c(OCC2CCN(CCCNc3nccc(C(N)=O)n3)CC2)c1.O=C(O)C=CC(=O)O. The number of ether oxygens (including phenoxy) is 1. The van der Waals surface area contributed by atoms with Gasteiger partial charge >= 0.3 is 11.9 Å². The lowest BCUT2D eigenvalue weighted by molar-refractivity contribution is -0.134. The van der Waals surface area contributed by atoms with Crippen molar-refractivity contribution in [2.24, 2.45) is 11.7 Å². The number of piperidine rings is 1. The third-order valence-corrected chi connectivity index (χ3v) is 6.18. The Morgan fingerprint density at radius 3 is 2.41 bits per heavy atom. The second-order valence-electron chi connectivity index (χ2n) is 9.71. The molecule has 0 bridgehead atoms. The fourth-order valence-electron chi connectivity index (χ4n) is 4.05. The molecule has 1 aliphatic rings. The van der Waals surface area contributed by atoms with Crippen LogP contribution in [0.4, 0.5) is 5.95 Å². The predicted octanol–water partition coefficient (Wildman–Crippen LogP) is 3.31. The second-order valence-corrected chi connectivity index (χ2v) is 9.71. The summed E-state index contributed by atoms with van der Waals surface area (Å²) in [5.74, 6) is -0.482. The van der Waals surface area contributed by atoms with Gasteiger partial charge in [0.2, 0.25) is 5.95 Å². The van der Waals surface area contributed by atoms with Crippen LogP contribution in [0.15, 0.2) is 42.6 Å². The average Bonchev–Trinajstić information content (AvgIpc) is 2.90. The number of hydrogen-bond acceptors (Lipinski definition) is 8. The number of carboxylic acids is 2. The minimum absolute atomic E-state index is 0.230. The number of nitrogens with two attached hydrogens (primary N) is 1. The summed E-state index contributed by atoms with van der Waals surface area (Å²) in [7, 11) is 0. The molecule has 1 amide bonds. The van der Waals surface area contributed by atoms with E-state index >= 15 is 0 Å². The number of aliphatic carboxylic acids is 2. The van der Waals surface area contributed by atoms with Crippen molar-refractivity contribution in [2.45, 2.75) is 46.0 Å². The molecule has 212 valence electrons. The number of carbonyl (C=O) groups is 3. The number of anilines is 1. The molecule has 11 heteroatoms. The summed E-state index contributed by atoms with van der Waals surface area (Å²) in [5, 5.41) is 18.8. The van der Waals surface area contributed by atoms with Crippen LogP contribution in [0.3, 0.4) is 0 Å². The Morgan fingerprint density at radius 2 is 1.82 bits per heavy atom. The summed E-state index contributed by atoms with van der Waals surface area (Å²) in [4.78, 5) is 41.0. The number of hydrogen-bond donors (Lipinski definition) is 4. The fraction of sp³-hybridized carbons (Fsp3) is 0.464. The monoisotopic (exact) mass is 541 g/mol. The molecule has 1 aromatic heterocycles. The lowest BCUT2D eigenvalue weighted by Gasteiger charge is -2.32. The molecule has 2 aromatic rings. The molecule has 0 unspecified atom stereocenters. The van der Waals surface area contributed by atoms with Crippen LogP contribution >= 0.6 is 0 Å². The van der Waals surface area contributed by atoms with Crippen LogP contribution in [-0.4, -0.2) is 75.7 Å². The topological polar surface area (TPSA) is 168 Å². The van der Waals surface area contributed by atoms with Gasteiger partial charge in [-0.15, -0.1) is 0 Å². The Labute approximate surface area is 229 Å². The zero-order valence-corrected chi connectivity index (χ0v) is 22.8. The van der Waals surface area contributed by atoms with Crippen molar-refractivity contribution in [3.8, 4) is 5.75 Å². The molecule has 1 aliphatic heterocycles. The molecular weight excluding hydrogens is 502 g/mol. The zero-order chi connectivity index (χ0) is 28.8. The van der Waals surface area contributed by atoms with Crippen LogP contribution in [0.1, 0.15) is 60.6 Å². The molecular formula is C28H39N5O6. The van der Waals surface area contributed by atoms with Gasteiger partial charge < -0.3 is 30.9 Å². The largest absolute Gasteiger partial charge is 0.493 e. The number of benzene rings is 1. The molecule has 3 rings (SSSR count). The van der Waals surface area contributed by atoms with Crippen molar-refractivity contribution in [2.75, 3.05) is 38.1 Å². The Morgan fingerprint density at radius 1 is 1.15 bits per heavy atom. The van der Waals surface area contributed by atoms with E-state index in [9.17, 15) is 14.4 Å². The Bertz CT molecular complexity index is 1110. The number of rotatable bonds is 12. The van der Waals surface area contributed by atoms with Gasteiger partial charge in [0.15, 0.2) is 0 Å². The highest BCUT2D eigenvalue weighted by Crippen LogP contribution is 2.29. The molecule has 0 spiro atoms. The van der Waals surface area contributed by atoms with E-state index in [1.807, 2.05) is 0 Å². The number of likely N-dealkylation sites (tertiary alicyclic amines) is 1. The van der Waals surface area contributed by atoms with E-state index in [-0.39, 0.29) is 5.69 Å². The lowest BCUT2D eigenvalue weighted by Crippen LogP contribution is -2.36. The number of nitrogens with zero attached hydrogens (tertiary/aromatic N) is 3. The maximum atomic E-state index is 11.2. The molecule has 1 saturated heterocycles. The summed E-state index contributed by atoms with van der Waals surface area (Å²) >= 11 is 0. The van der Waals surface area contributed by atoms with Crippen molar-refractivity contribution in [3.63, 3.8) is 0 Å². The van der Waals surface area contributed by atoms with Gasteiger partial charge in [-0.05, 0) is 80.9 Å². The van der Waals surface area contributed by atoms with Crippen molar-refractivity contribution in [1.82, 2.24) is 14.9 Å². The van der Waals surface area contributed by atoms with Gasteiger partial charge in [0.25, 0.3) is 5.91 Å². The normalized spacial score (nSPS) is 14.1. The zero-order valence-electron chi connectivity index (χ0n) is 22.8. The lowest BCUT2D eigenvalue weighted by atomic mass is 9.97. The third-order valence-electron chi connectivity index (χ3n) is 6.18. The van der Waals surface area contributed by atoms with E-state index in [1.54, 1.807) is 6.20 Å². The van der Waals surface area contributed by atoms with Gasteiger partial charge in [-0.3, -0.25) is 4.79 Å². The Hall–Kier alpha value is -3.99. The van der Waals surface area contributed by atoms with E-state index in [0.717, 1.165) is 45.0 Å². The minimum atomic E-state index is -1.26. The van der Waals surface area contributed by atoms with Crippen molar-refractivity contribution < 1.29 is 29.3 Å². The van der Waals surface area contributed by atoms with Crippen LogP contribution in [0.2, 0.25) is 0 Å². The highest BCUT2D eigenvalue weighted by molar-refractivity contribution is 5.91. The molecule has 0 aliphatic carbocycles. The van der Waals surface area contributed by atoms with E-state index < -0.39 is 17.8 Å². The molecule has 39 heavy (non-hydrogen) atoms. The molecule has 0 atom stereocenters. The second kappa shape index (κ2) is 16.1. The number of primary amides is 1. The maximum absolute atomic E-state index is 11.2. The number of aryl methyl sites for hydroxylation is 1. The summed E-state index contributed by atoms with van der Waals surface area (Å²) in [6, 6.07) is 8.04. The Kier molecular flexibility index (Phi) is 12.9. The predicted molar refractivity (Wildman–Crippen MR) is 148 cm³/mol. The average molecular weight is 542 g/mol. The van der Waals surface area contributed by atoms with Gasteiger partial charge in [-0.25, -0.2) is 19.6 Å². The van der Waals surface area contributed by atoms with Gasteiger partial charge in [0.05, 0.1) is 6.61 Å². The summed E-state index contributed by atoms with van der Waals surface area (Å²) < 4.78 is 6.25. The molecule has 1 fully saturated rings. The van der Waals surface area contributed by atoms with Crippen LogP contribution in [0.25, 0.3) is 0 Å². The Balaban J connectivity index is 0.000000580. The first-order chi connectivity index (χ1) is 18.5. The molecule has 0 saturated carbocycles. The number of aromatic nitrogens is 2. The van der Waals surface area contributed by atoms with Gasteiger partial charge in [0, 0.05) is 24.9 Å². The number of carboxylic acid groups (broad SMARTS) is 2. The number of carbonyl (C=O) groups excluding carboxylic acids is 1. The van der Waals surface area contributed by atoms with Gasteiger partial charge in [-0.2, -0.15) is 0 Å². The van der Waals surface area contributed by atoms with Crippen LogP contribution < -0.4 is 15.8 Å². The molecule has 0 radical (unpaired) electrons. The number of amides is 1. The van der Waals surface area contributed by atoms with Crippen LogP contribution in [-0.2, 0) is 9.59 Å². The molecule has 2 heterocycles. The minimum Gasteiger partial charge on any atom is -0.493 e. The molecule has 5 N–H and O–H groups in total. The van der Waals surface area contributed by atoms with E-state index in [0.29, 0.717) is 29.9 Å². The summed E-state index contributed by atoms with van der Waals surface area (Å²) in [5.41, 5.74) is 8.02. The smallest absolute Gasteiger partial charge is 0.328 e. The molecule has 11 nitrogen and oxygen atoms in total. The number of nitrogens with one attached hydrogen (secondary N) is 1.